The number of halogens is 4. The molecule has 5 heteroatoms. The maximum absolute atomic E-state index is 11.8. The second-order valence-electron chi connectivity index (χ2n) is 4.70. The van der Waals surface area contributed by atoms with E-state index in [0.717, 1.165) is 5.56 Å². The highest BCUT2D eigenvalue weighted by Crippen LogP contribution is 2.32. The number of alkyl halides is 2. The van der Waals surface area contributed by atoms with E-state index in [1.165, 1.54) is 0 Å². The quantitative estimate of drug-likeness (QED) is 0.611. The molecule has 104 valence electrons. The van der Waals surface area contributed by atoms with Crippen LogP contribution in [0.25, 0.3) is 5.03 Å². The molecule has 1 unspecified atom stereocenters. The number of carbonyl (C=O) groups excluding carboxylic acids is 1. The largest absolute Gasteiger partial charge is 0.298 e. The second kappa shape index (κ2) is 7.12. The molecule has 0 spiro atoms. The Bertz CT molecular complexity index is 480. The van der Waals surface area contributed by atoms with Gasteiger partial charge in [0.2, 0.25) is 0 Å². The van der Waals surface area contributed by atoms with Gasteiger partial charge in [0.15, 0.2) is 5.78 Å². The van der Waals surface area contributed by atoms with Crippen LogP contribution in [0.1, 0.15) is 19.4 Å². The van der Waals surface area contributed by atoms with E-state index in [1.807, 2.05) is 12.1 Å². The standard InChI is InChI=1S/C14H14BrCl3O/c1-14(2,13(19)8-15)12(18)7-11(17)9-3-5-10(16)6-4-9/h3-7,12H,8H2,1-2H3. The molecule has 19 heavy (non-hydrogen) atoms. The lowest BCUT2D eigenvalue weighted by Gasteiger charge is -2.25. The zero-order valence-corrected chi connectivity index (χ0v) is 14.4. The Morgan fingerprint density at radius 3 is 2.37 bits per heavy atom. The average Bonchev–Trinajstić information content (AvgIpc) is 2.38. The van der Waals surface area contributed by atoms with Gasteiger partial charge < -0.3 is 0 Å². The molecule has 0 aliphatic heterocycles. The van der Waals surface area contributed by atoms with E-state index in [-0.39, 0.29) is 11.1 Å². The van der Waals surface area contributed by atoms with Crippen LogP contribution in [0.2, 0.25) is 5.02 Å². The zero-order valence-electron chi connectivity index (χ0n) is 10.6. The molecule has 0 aliphatic carbocycles. The number of Topliss-reactive ketones (excluding diaryl/α,β-unsaturated/α-hetero) is 1. The molecule has 0 N–H and O–H groups in total. The molecule has 0 heterocycles. The highest BCUT2D eigenvalue weighted by molar-refractivity contribution is 9.09. The Morgan fingerprint density at radius 1 is 1.37 bits per heavy atom. The molecule has 1 atom stereocenters. The fourth-order valence-corrected chi connectivity index (χ4v) is 2.78. The Morgan fingerprint density at radius 2 is 1.89 bits per heavy atom. The van der Waals surface area contributed by atoms with Gasteiger partial charge in [-0.15, -0.1) is 11.6 Å². The van der Waals surface area contributed by atoms with Crippen LogP contribution < -0.4 is 0 Å². The minimum Gasteiger partial charge on any atom is -0.298 e. The maximum Gasteiger partial charge on any atom is 0.150 e. The van der Waals surface area contributed by atoms with Crippen LogP contribution in [0.3, 0.4) is 0 Å². The van der Waals surface area contributed by atoms with Crippen molar-refractivity contribution in [2.24, 2.45) is 5.41 Å². The molecule has 1 nitrogen and oxygen atoms in total. The van der Waals surface area contributed by atoms with Gasteiger partial charge in [-0.25, -0.2) is 0 Å². The first kappa shape index (κ1) is 17.0. The fraction of sp³-hybridized carbons (Fsp3) is 0.357. The predicted octanol–water partition coefficient (Wildman–Crippen LogP) is 5.52. The number of hydrogen-bond donors (Lipinski definition) is 0. The van der Waals surface area contributed by atoms with Gasteiger partial charge in [-0.05, 0) is 23.8 Å². The van der Waals surface area contributed by atoms with Crippen molar-refractivity contribution in [3.05, 3.63) is 40.9 Å². The first-order valence-corrected chi connectivity index (χ1v) is 7.97. The Hall–Kier alpha value is -0.0200. The van der Waals surface area contributed by atoms with Crippen molar-refractivity contribution in [3.63, 3.8) is 0 Å². The van der Waals surface area contributed by atoms with Gasteiger partial charge in [0.05, 0.1) is 10.7 Å². The van der Waals surface area contributed by atoms with Crippen molar-refractivity contribution < 1.29 is 4.79 Å². The minimum absolute atomic E-state index is 0.0318. The summed E-state index contributed by atoms with van der Waals surface area (Å²) >= 11 is 21.5. The first-order valence-electron chi connectivity index (χ1n) is 5.65. The van der Waals surface area contributed by atoms with Gasteiger partial charge in [0, 0.05) is 15.5 Å². The molecule has 0 bridgehead atoms. The van der Waals surface area contributed by atoms with E-state index in [0.29, 0.717) is 10.1 Å². The van der Waals surface area contributed by atoms with Crippen molar-refractivity contribution in [2.75, 3.05) is 5.33 Å². The Kier molecular flexibility index (Phi) is 6.38. The molecular weight excluding hydrogens is 370 g/mol. The summed E-state index contributed by atoms with van der Waals surface area (Å²) in [6.45, 7) is 3.60. The van der Waals surface area contributed by atoms with Crippen molar-refractivity contribution in [3.8, 4) is 0 Å². The molecule has 0 saturated carbocycles. The summed E-state index contributed by atoms with van der Waals surface area (Å²) in [5.41, 5.74) is 0.135. The molecule has 1 aromatic carbocycles. The fourth-order valence-electron chi connectivity index (χ4n) is 1.37. The topological polar surface area (TPSA) is 17.1 Å². The van der Waals surface area contributed by atoms with E-state index in [9.17, 15) is 4.79 Å². The Balaban J connectivity index is 2.95. The first-order chi connectivity index (χ1) is 8.78. The summed E-state index contributed by atoms with van der Waals surface area (Å²) in [6.07, 6.45) is 1.69. The lowest BCUT2D eigenvalue weighted by atomic mass is 9.84. The average molecular weight is 385 g/mol. The zero-order chi connectivity index (χ0) is 14.6. The molecule has 0 aliphatic rings. The molecule has 0 radical (unpaired) electrons. The van der Waals surface area contributed by atoms with Gasteiger partial charge in [0.1, 0.15) is 0 Å². The smallest absolute Gasteiger partial charge is 0.150 e. The van der Waals surface area contributed by atoms with Gasteiger partial charge in [-0.1, -0.05) is 65.1 Å². The van der Waals surface area contributed by atoms with Crippen LogP contribution >= 0.6 is 50.7 Å². The van der Waals surface area contributed by atoms with Crippen LogP contribution in [-0.2, 0) is 4.79 Å². The Labute approximate surface area is 137 Å². The predicted molar refractivity (Wildman–Crippen MR) is 87.5 cm³/mol. The van der Waals surface area contributed by atoms with E-state index in [1.54, 1.807) is 32.1 Å². The van der Waals surface area contributed by atoms with Gasteiger partial charge in [-0.3, -0.25) is 4.79 Å². The summed E-state index contributed by atoms with van der Waals surface area (Å²) in [4.78, 5) is 11.8. The molecule has 0 fully saturated rings. The summed E-state index contributed by atoms with van der Waals surface area (Å²) in [5.74, 6) is 0.0318. The van der Waals surface area contributed by atoms with Crippen LogP contribution in [0.5, 0.6) is 0 Å². The number of allylic oxidation sites excluding steroid dienone is 1. The van der Waals surface area contributed by atoms with Gasteiger partial charge in [0.25, 0.3) is 0 Å². The highest BCUT2D eigenvalue weighted by atomic mass is 79.9. The summed E-state index contributed by atoms with van der Waals surface area (Å²) in [6, 6.07) is 7.13. The lowest BCUT2D eigenvalue weighted by molar-refractivity contribution is -0.123. The van der Waals surface area contributed by atoms with E-state index in [2.05, 4.69) is 15.9 Å². The number of rotatable bonds is 5. The molecule has 0 aromatic heterocycles. The summed E-state index contributed by atoms with van der Waals surface area (Å²) in [7, 11) is 0. The maximum atomic E-state index is 11.8. The molecule has 0 amide bonds. The number of benzene rings is 1. The third-order valence-corrected chi connectivity index (χ3v) is 4.72. The SMILES string of the molecule is CC(C)(C(=O)CBr)C(Cl)C=C(Cl)c1ccc(Cl)cc1. The third kappa shape index (κ3) is 4.49. The lowest BCUT2D eigenvalue weighted by Crippen LogP contribution is -2.33. The number of hydrogen-bond acceptors (Lipinski definition) is 1. The monoisotopic (exact) mass is 382 g/mol. The third-order valence-electron chi connectivity index (χ3n) is 2.94. The van der Waals surface area contributed by atoms with Crippen LogP contribution in [0, 0.1) is 5.41 Å². The minimum atomic E-state index is -0.683. The van der Waals surface area contributed by atoms with E-state index < -0.39 is 10.8 Å². The number of ketones is 1. The molecule has 1 aromatic rings. The van der Waals surface area contributed by atoms with Crippen molar-refractivity contribution in [1.82, 2.24) is 0 Å². The van der Waals surface area contributed by atoms with Gasteiger partial charge in [-0.2, -0.15) is 0 Å². The summed E-state index contributed by atoms with van der Waals surface area (Å²) < 4.78 is 0. The van der Waals surface area contributed by atoms with Crippen molar-refractivity contribution >= 4 is 61.5 Å². The van der Waals surface area contributed by atoms with E-state index in [4.69, 9.17) is 34.8 Å². The van der Waals surface area contributed by atoms with Crippen molar-refractivity contribution in [1.29, 1.82) is 0 Å². The molecule has 1 rings (SSSR count). The number of carbonyl (C=O) groups is 1. The van der Waals surface area contributed by atoms with Crippen molar-refractivity contribution in [2.45, 2.75) is 19.2 Å². The molecule has 0 saturated heterocycles. The van der Waals surface area contributed by atoms with Crippen LogP contribution in [-0.4, -0.2) is 16.5 Å². The second-order valence-corrected chi connectivity index (χ2v) is 6.58. The van der Waals surface area contributed by atoms with Crippen LogP contribution in [0.15, 0.2) is 30.3 Å². The highest BCUT2D eigenvalue weighted by Gasteiger charge is 2.33. The molecular formula is C14H14BrCl3O. The van der Waals surface area contributed by atoms with Gasteiger partial charge >= 0.3 is 0 Å². The van der Waals surface area contributed by atoms with E-state index >= 15 is 0 Å². The summed E-state index contributed by atoms with van der Waals surface area (Å²) in [5, 5.41) is 0.939. The normalized spacial score (nSPS) is 14.3. The van der Waals surface area contributed by atoms with Crippen LogP contribution in [0.4, 0.5) is 0 Å².